The van der Waals surface area contributed by atoms with Crippen LogP contribution in [-0.4, -0.2) is 36.7 Å². The van der Waals surface area contributed by atoms with Crippen molar-refractivity contribution in [3.05, 3.63) is 78.4 Å². The van der Waals surface area contributed by atoms with Crippen molar-refractivity contribution in [2.45, 2.75) is 19.4 Å². The molecule has 0 aromatic heterocycles. The Labute approximate surface area is 182 Å². The summed E-state index contributed by atoms with van der Waals surface area (Å²) in [4.78, 5) is 26.3. The number of carbonyl (C=O) groups excluding carboxylic acids is 2. The molecule has 0 saturated carbocycles. The van der Waals surface area contributed by atoms with Crippen LogP contribution in [0.4, 0.5) is 9.59 Å². The predicted octanol–water partition coefficient (Wildman–Crippen LogP) is 4.55. The van der Waals surface area contributed by atoms with E-state index >= 15 is 0 Å². The van der Waals surface area contributed by atoms with E-state index in [4.69, 9.17) is 4.74 Å². The highest BCUT2D eigenvalue weighted by Crippen LogP contribution is 2.19. The Kier molecular flexibility index (Phi) is 6.67. The fraction of sp³-hybridized carbons (Fsp3) is 0.280. The Balaban J connectivity index is 1.18. The van der Waals surface area contributed by atoms with Gasteiger partial charge >= 0.3 is 12.1 Å². The second kappa shape index (κ2) is 9.98. The first kappa shape index (κ1) is 20.7. The Bertz CT molecular complexity index is 1030. The van der Waals surface area contributed by atoms with Gasteiger partial charge in [-0.25, -0.2) is 9.59 Å². The number of rotatable bonds is 5. The number of carbonyl (C=O) groups is 2. The van der Waals surface area contributed by atoms with Gasteiger partial charge in [0.1, 0.15) is 5.75 Å². The molecule has 0 atom stereocenters. The maximum Gasteiger partial charge on any atom is 0.415 e. The molecule has 3 aromatic rings. The van der Waals surface area contributed by atoms with Gasteiger partial charge in [0.15, 0.2) is 0 Å². The SMILES string of the molecule is O=C(NCc1cccc2ccccc12)NCC1CCN(C(=O)Oc2ccccc2)CC1. The summed E-state index contributed by atoms with van der Waals surface area (Å²) in [6.07, 6.45) is 1.37. The summed E-state index contributed by atoms with van der Waals surface area (Å²) in [7, 11) is 0. The van der Waals surface area contributed by atoms with Gasteiger partial charge in [-0.3, -0.25) is 0 Å². The first-order valence-electron chi connectivity index (χ1n) is 10.7. The molecule has 0 aliphatic carbocycles. The van der Waals surface area contributed by atoms with Gasteiger partial charge in [-0.2, -0.15) is 0 Å². The van der Waals surface area contributed by atoms with Crippen LogP contribution in [0.15, 0.2) is 72.8 Å². The topological polar surface area (TPSA) is 70.7 Å². The molecule has 2 N–H and O–H groups in total. The van der Waals surface area contributed by atoms with Crippen molar-refractivity contribution in [1.82, 2.24) is 15.5 Å². The zero-order chi connectivity index (χ0) is 21.5. The predicted molar refractivity (Wildman–Crippen MR) is 121 cm³/mol. The molecule has 1 aliphatic heterocycles. The van der Waals surface area contributed by atoms with Crippen molar-refractivity contribution < 1.29 is 14.3 Å². The van der Waals surface area contributed by atoms with Crippen LogP contribution in [0.5, 0.6) is 5.75 Å². The summed E-state index contributed by atoms with van der Waals surface area (Å²) in [5.74, 6) is 0.906. The molecule has 1 saturated heterocycles. The van der Waals surface area contributed by atoms with Crippen molar-refractivity contribution >= 4 is 22.9 Å². The van der Waals surface area contributed by atoms with E-state index < -0.39 is 0 Å². The van der Waals surface area contributed by atoms with E-state index in [-0.39, 0.29) is 12.1 Å². The first-order chi connectivity index (χ1) is 15.2. The number of hydrogen-bond donors (Lipinski definition) is 2. The van der Waals surface area contributed by atoms with Crippen LogP contribution in [-0.2, 0) is 6.54 Å². The van der Waals surface area contributed by atoms with Crippen LogP contribution in [0.1, 0.15) is 18.4 Å². The standard InChI is InChI=1S/C25H27N3O3/c29-24(27-18-21-9-6-8-20-7-4-5-12-23(20)21)26-17-19-13-15-28(16-14-19)25(30)31-22-10-2-1-3-11-22/h1-12,19H,13-18H2,(H2,26,27,29). The number of ether oxygens (including phenoxy) is 1. The summed E-state index contributed by atoms with van der Waals surface area (Å²) >= 11 is 0. The quantitative estimate of drug-likeness (QED) is 0.640. The Morgan fingerprint density at radius 2 is 1.58 bits per heavy atom. The molecule has 3 amide bonds. The number of likely N-dealkylation sites (tertiary alicyclic amines) is 1. The number of amides is 3. The van der Waals surface area contributed by atoms with E-state index in [1.807, 2.05) is 42.5 Å². The zero-order valence-corrected chi connectivity index (χ0v) is 17.4. The molecule has 4 rings (SSSR count). The smallest absolute Gasteiger partial charge is 0.410 e. The monoisotopic (exact) mass is 417 g/mol. The van der Waals surface area contributed by atoms with E-state index in [2.05, 4.69) is 28.8 Å². The van der Waals surface area contributed by atoms with Crippen molar-refractivity contribution in [3.63, 3.8) is 0 Å². The maximum atomic E-state index is 12.3. The lowest BCUT2D eigenvalue weighted by Crippen LogP contribution is -2.44. The highest BCUT2D eigenvalue weighted by atomic mass is 16.6. The Morgan fingerprint density at radius 1 is 0.871 bits per heavy atom. The van der Waals surface area contributed by atoms with Crippen molar-refractivity contribution in [2.75, 3.05) is 19.6 Å². The van der Waals surface area contributed by atoms with Crippen LogP contribution in [0.25, 0.3) is 10.8 Å². The van der Waals surface area contributed by atoms with Gasteiger partial charge in [-0.15, -0.1) is 0 Å². The molecular formula is C25H27N3O3. The number of hydrogen-bond acceptors (Lipinski definition) is 3. The molecule has 1 aliphatic rings. The minimum absolute atomic E-state index is 0.168. The average molecular weight is 418 g/mol. The molecule has 6 heteroatoms. The lowest BCUT2D eigenvalue weighted by Gasteiger charge is -2.31. The van der Waals surface area contributed by atoms with Gasteiger partial charge < -0.3 is 20.3 Å². The van der Waals surface area contributed by atoms with Gasteiger partial charge in [0.25, 0.3) is 0 Å². The summed E-state index contributed by atoms with van der Waals surface area (Å²) in [5, 5.41) is 8.24. The lowest BCUT2D eigenvalue weighted by molar-refractivity contribution is 0.130. The molecule has 0 radical (unpaired) electrons. The van der Waals surface area contributed by atoms with Crippen LogP contribution >= 0.6 is 0 Å². The molecule has 6 nitrogen and oxygen atoms in total. The van der Waals surface area contributed by atoms with E-state index in [0.29, 0.717) is 37.8 Å². The number of para-hydroxylation sites is 1. The second-order valence-electron chi connectivity index (χ2n) is 7.81. The number of nitrogens with zero attached hydrogens (tertiary/aromatic N) is 1. The number of urea groups is 1. The fourth-order valence-electron chi connectivity index (χ4n) is 3.90. The maximum absolute atomic E-state index is 12.3. The minimum Gasteiger partial charge on any atom is -0.410 e. The van der Waals surface area contributed by atoms with Crippen molar-refractivity contribution in [1.29, 1.82) is 0 Å². The van der Waals surface area contributed by atoms with E-state index in [9.17, 15) is 9.59 Å². The van der Waals surface area contributed by atoms with Gasteiger partial charge in [0.2, 0.25) is 0 Å². The largest absolute Gasteiger partial charge is 0.415 e. The van der Waals surface area contributed by atoms with Gasteiger partial charge in [0, 0.05) is 26.2 Å². The number of nitrogens with one attached hydrogen (secondary N) is 2. The van der Waals surface area contributed by atoms with E-state index in [1.165, 1.54) is 5.39 Å². The summed E-state index contributed by atoms with van der Waals surface area (Å²) in [6, 6.07) is 23.2. The van der Waals surface area contributed by atoms with Crippen LogP contribution in [0.2, 0.25) is 0 Å². The third kappa shape index (κ3) is 5.54. The normalized spacial score (nSPS) is 14.3. The summed E-state index contributed by atoms with van der Waals surface area (Å²) < 4.78 is 5.40. The molecule has 1 heterocycles. The Morgan fingerprint density at radius 3 is 2.39 bits per heavy atom. The number of benzene rings is 3. The van der Waals surface area contributed by atoms with Crippen molar-refractivity contribution in [2.24, 2.45) is 5.92 Å². The van der Waals surface area contributed by atoms with Gasteiger partial charge in [-0.05, 0) is 47.2 Å². The lowest BCUT2D eigenvalue weighted by atomic mass is 9.97. The second-order valence-corrected chi connectivity index (χ2v) is 7.81. The van der Waals surface area contributed by atoms with Crippen molar-refractivity contribution in [3.8, 4) is 5.75 Å². The minimum atomic E-state index is -0.314. The number of fused-ring (bicyclic) bond motifs is 1. The molecule has 0 spiro atoms. The molecular weight excluding hydrogens is 390 g/mol. The molecule has 3 aromatic carbocycles. The molecule has 0 unspecified atom stereocenters. The molecule has 160 valence electrons. The molecule has 1 fully saturated rings. The van der Waals surface area contributed by atoms with E-state index in [1.54, 1.807) is 17.0 Å². The third-order valence-corrected chi connectivity index (χ3v) is 5.69. The first-order valence-corrected chi connectivity index (χ1v) is 10.7. The van der Waals surface area contributed by atoms with Gasteiger partial charge in [0.05, 0.1) is 0 Å². The molecule has 0 bridgehead atoms. The van der Waals surface area contributed by atoms with Crippen LogP contribution < -0.4 is 15.4 Å². The van der Waals surface area contributed by atoms with Crippen LogP contribution in [0, 0.1) is 5.92 Å². The van der Waals surface area contributed by atoms with Crippen LogP contribution in [0.3, 0.4) is 0 Å². The molecule has 31 heavy (non-hydrogen) atoms. The van der Waals surface area contributed by atoms with E-state index in [0.717, 1.165) is 23.8 Å². The summed E-state index contributed by atoms with van der Waals surface area (Å²) in [6.45, 7) is 2.35. The zero-order valence-electron chi connectivity index (χ0n) is 17.4. The van der Waals surface area contributed by atoms with Gasteiger partial charge in [-0.1, -0.05) is 60.7 Å². The summed E-state index contributed by atoms with van der Waals surface area (Å²) in [5.41, 5.74) is 1.10. The highest BCUT2D eigenvalue weighted by Gasteiger charge is 2.24. The third-order valence-electron chi connectivity index (χ3n) is 5.69. The fourth-order valence-corrected chi connectivity index (χ4v) is 3.90. The average Bonchev–Trinajstić information content (AvgIpc) is 2.82. The Hall–Kier alpha value is -3.54. The highest BCUT2D eigenvalue weighted by molar-refractivity contribution is 5.86. The number of piperidine rings is 1.